The number of urea groups is 1. The zero-order chi connectivity index (χ0) is 23.2. The third-order valence-corrected chi connectivity index (χ3v) is 6.99. The summed E-state index contributed by atoms with van der Waals surface area (Å²) in [7, 11) is 1.74. The van der Waals surface area contributed by atoms with E-state index in [4.69, 9.17) is 9.47 Å². The molecule has 2 aromatic carbocycles. The largest absolute Gasteiger partial charge is 0.491 e. The molecule has 0 saturated carbocycles. The van der Waals surface area contributed by atoms with Crippen molar-refractivity contribution in [2.45, 2.75) is 37.4 Å². The van der Waals surface area contributed by atoms with E-state index in [-0.39, 0.29) is 50.0 Å². The Morgan fingerprint density at radius 1 is 1.12 bits per heavy atom. The molecule has 3 unspecified atom stereocenters. The summed E-state index contributed by atoms with van der Waals surface area (Å²) in [6, 6.07) is 11.9. The minimum Gasteiger partial charge on any atom is -0.491 e. The van der Waals surface area contributed by atoms with E-state index in [9.17, 15) is 9.59 Å². The number of rotatable bonds is 0. The lowest BCUT2D eigenvalue weighted by Crippen LogP contribution is -2.65. The quantitative estimate of drug-likeness (QED) is 0.666. The average Bonchev–Trinajstić information content (AvgIpc) is 3.04. The third-order valence-electron chi connectivity index (χ3n) is 6.99. The molecule has 33 heavy (non-hydrogen) atoms. The zero-order valence-electron chi connectivity index (χ0n) is 18.8. The number of likely N-dealkylation sites (N-methyl/N-ethyl adjacent to an activating group) is 1. The van der Waals surface area contributed by atoms with Crippen LogP contribution in [0.4, 0.5) is 9.18 Å². The summed E-state index contributed by atoms with van der Waals surface area (Å²) < 4.78 is 27.5. The molecule has 5 rings (SSSR count). The molecule has 7 nitrogen and oxygen atoms in total. The van der Waals surface area contributed by atoms with Gasteiger partial charge in [0.25, 0.3) is 0 Å². The van der Waals surface area contributed by atoms with Gasteiger partial charge in [-0.05, 0) is 31.4 Å². The molecule has 8 heteroatoms. The van der Waals surface area contributed by atoms with E-state index in [0.29, 0.717) is 35.4 Å². The van der Waals surface area contributed by atoms with Crippen molar-refractivity contribution >= 4 is 11.9 Å². The van der Waals surface area contributed by atoms with Crippen LogP contribution in [-0.4, -0.2) is 72.8 Å². The molecular weight excluding hydrogens is 425 g/mol. The maximum atomic E-state index is 15.9. The summed E-state index contributed by atoms with van der Waals surface area (Å²) in [6.45, 7) is 2.89. The van der Waals surface area contributed by atoms with Gasteiger partial charge >= 0.3 is 6.03 Å². The van der Waals surface area contributed by atoms with E-state index in [1.165, 1.54) is 0 Å². The summed E-state index contributed by atoms with van der Waals surface area (Å²) in [5.41, 5.74) is 0.853. The van der Waals surface area contributed by atoms with Gasteiger partial charge < -0.3 is 24.6 Å². The van der Waals surface area contributed by atoms with E-state index >= 15 is 4.39 Å². The highest BCUT2D eigenvalue weighted by atomic mass is 19.1. The molecule has 0 aliphatic carbocycles. The highest BCUT2D eigenvalue weighted by Gasteiger charge is 2.55. The smallest absolute Gasteiger partial charge is 0.320 e. The molecule has 1 N–H and O–H groups in total. The van der Waals surface area contributed by atoms with Crippen molar-refractivity contribution in [2.75, 3.05) is 33.4 Å². The molecule has 2 saturated heterocycles. The minimum absolute atomic E-state index is 0.00529. The molecule has 3 heterocycles. The van der Waals surface area contributed by atoms with Crippen molar-refractivity contribution in [2.24, 2.45) is 0 Å². The molecule has 2 bridgehead atoms. The number of hydrogen-bond acceptors (Lipinski definition) is 4. The summed E-state index contributed by atoms with van der Waals surface area (Å²) in [6.07, 6.45) is 0.805. The molecule has 1 spiro atoms. The van der Waals surface area contributed by atoms with Crippen LogP contribution in [0.1, 0.15) is 18.9 Å². The van der Waals surface area contributed by atoms with E-state index in [2.05, 4.69) is 5.32 Å². The SMILES string of the molecule is CC1CC2(COCC(=O)N2)C2Cc3cccc(c3F)-c3ccccc3OCCN(C)C(=O)N12. The molecule has 174 valence electrons. The van der Waals surface area contributed by atoms with Crippen molar-refractivity contribution < 1.29 is 23.5 Å². The number of benzene rings is 2. The molecule has 0 radical (unpaired) electrons. The van der Waals surface area contributed by atoms with Crippen molar-refractivity contribution in [1.82, 2.24) is 15.1 Å². The number of carbonyl (C=O) groups is 2. The third kappa shape index (κ3) is 3.72. The first kappa shape index (κ1) is 21.7. The Morgan fingerprint density at radius 3 is 2.73 bits per heavy atom. The Kier molecular flexibility index (Phi) is 5.48. The standard InChI is InChI=1S/C25H28FN3O4/c1-16-13-25(15-32-14-22(30)27-25)21-12-17-6-5-8-19(23(17)26)18-7-3-4-9-20(18)33-11-10-28(2)24(31)29(16)21/h3-9,16,21H,10-15H2,1-2H3,(H,27,30). The first-order valence-corrected chi connectivity index (χ1v) is 11.3. The van der Waals surface area contributed by atoms with Crippen LogP contribution in [0.5, 0.6) is 5.75 Å². The molecule has 2 fully saturated rings. The van der Waals surface area contributed by atoms with Crippen LogP contribution in [0.2, 0.25) is 0 Å². The number of ether oxygens (including phenoxy) is 2. The topological polar surface area (TPSA) is 71.1 Å². The summed E-state index contributed by atoms with van der Waals surface area (Å²) in [5.74, 6) is 0.0220. The average molecular weight is 454 g/mol. The second kappa shape index (κ2) is 8.33. The number of carbonyl (C=O) groups excluding carboxylic acids is 2. The van der Waals surface area contributed by atoms with Crippen molar-refractivity contribution in [3.05, 3.63) is 53.8 Å². The lowest BCUT2D eigenvalue weighted by molar-refractivity contribution is -0.136. The normalized spacial score (nSPS) is 27.6. The molecule has 3 amide bonds. The highest BCUT2D eigenvalue weighted by molar-refractivity contribution is 5.80. The van der Waals surface area contributed by atoms with Gasteiger partial charge in [-0.25, -0.2) is 9.18 Å². The predicted octanol–water partition coefficient (Wildman–Crippen LogP) is 2.83. The lowest BCUT2D eigenvalue weighted by Gasteiger charge is -2.42. The number of morpholine rings is 1. The first-order valence-electron chi connectivity index (χ1n) is 11.3. The Bertz CT molecular complexity index is 1090. The molecule has 0 aromatic heterocycles. The van der Waals surface area contributed by atoms with Gasteiger partial charge in [-0.3, -0.25) is 4.79 Å². The van der Waals surface area contributed by atoms with Gasteiger partial charge in [-0.15, -0.1) is 0 Å². The Morgan fingerprint density at radius 2 is 1.91 bits per heavy atom. The number of fused-ring (bicyclic) bond motifs is 6. The lowest BCUT2D eigenvalue weighted by atomic mass is 9.84. The Labute approximate surface area is 192 Å². The van der Waals surface area contributed by atoms with Gasteiger partial charge in [0.1, 0.15) is 24.8 Å². The van der Waals surface area contributed by atoms with Gasteiger partial charge in [0.05, 0.1) is 24.7 Å². The number of nitrogens with zero attached hydrogens (tertiary/aromatic N) is 2. The van der Waals surface area contributed by atoms with Crippen molar-refractivity contribution in [3.63, 3.8) is 0 Å². The maximum Gasteiger partial charge on any atom is 0.320 e. The minimum atomic E-state index is -0.762. The van der Waals surface area contributed by atoms with Gasteiger partial charge in [0.2, 0.25) is 5.91 Å². The molecule has 3 aliphatic rings. The van der Waals surface area contributed by atoms with E-state index in [1.807, 2.05) is 37.3 Å². The second-order valence-electron chi connectivity index (χ2n) is 9.20. The van der Waals surface area contributed by atoms with Gasteiger partial charge in [0.15, 0.2) is 0 Å². The van der Waals surface area contributed by atoms with E-state index < -0.39 is 11.6 Å². The summed E-state index contributed by atoms with van der Waals surface area (Å²) in [5, 5.41) is 3.10. The number of amides is 3. The van der Waals surface area contributed by atoms with Crippen LogP contribution >= 0.6 is 0 Å². The van der Waals surface area contributed by atoms with E-state index in [1.54, 1.807) is 29.0 Å². The van der Waals surface area contributed by atoms with Crippen LogP contribution in [0.15, 0.2) is 42.5 Å². The van der Waals surface area contributed by atoms with Gasteiger partial charge in [0, 0.05) is 24.2 Å². The molecular formula is C25H28FN3O4. The fraction of sp³-hybridized carbons (Fsp3) is 0.440. The fourth-order valence-corrected chi connectivity index (χ4v) is 5.47. The number of halogens is 1. The number of para-hydroxylation sites is 1. The molecule has 2 aromatic rings. The van der Waals surface area contributed by atoms with E-state index in [0.717, 1.165) is 0 Å². The van der Waals surface area contributed by atoms with Gasteiger partial charge in [-0.1, -0.05) is 36.4 Å². The van der Waals surface area contributed by atoms with Crippen molar-refractivity contribution in [3.8, 4) is 16.9 Å². The van der Waals surface area contributed by atoms with Crippen molar-refractivity contribution in [1.29, 1.82) is 0 Å². The maximum absolute atomic E-state index is 15.9. The molecule has 3 atom stereocenters. The second-order valence-corrected chi connectivity index (χ2v) is 9.20. The van der Waals surface area contributed by atoms with Crippen LogP contribution in [0.3, 0.4) is 0 Å². The van der Waals surface area contributed by atoms with Gasteiger partial charge in [-0.2, -0.15) is 0 Å². The van der Waals surface area contributed by atoms with Crippen LogP contribution in [0, 0.1) is 5.82 Å². The Hall–Kier alpha value is -3.13. The monoisotopic (exact) mass is 453 g/mol. The summed E-state index contributed by atoms with van der Waals surface area (Å²) >= 11 is 0. The first-order chi connectivity index (χ1) is 15.9. The Balaban J connectivity index is 1.64. The van der Waals surface area contributed by atoms with Crippen LogP contribution in [-0.2, 0) is 16.0 Å². The number of hydrogen-bond donors (Lipinski definition) is 1. The van der Waals surface area contributed by atoms with Crippen LogP contribution in [0.25, 0.3) is 11.1 Å². The zero-order valence-corrected chi connectivity index (χ0v) is 18.8. The number of nitrogens with one attached hydrogen (secondary N) is 1. The van der Waals surface area contributed by atoms with Crippen LogP contribution < -0.4 is 10.1 Å². The summed E-state index contributed by atoms with van der Waals surface area (Å²) in [4.78, 5) is 29.3. The predicted molar refractivity (Wildman–Crippen MR) is 120 cm³/mol. The molecule has 3 aliphatic heterocycles. The highest BCUT2D eigenvalue weighted by Crippen LogP contribution is 2.40. The fourth-order valence-electron chi connectivity index (χ4n) is 5.47.